The topological polar surface area (TPSA) is 42.0 Å². The molecule has 0 bridgehead atoms. The van der Waals surface area contributed by atoms with E-state index in [2.05, 4.69) is 39.5 Å². The number of anilines is 1. The number of allylic oxidation sites excluding steroid dienone is 1. The van der Waals surface area contributed by atoms with Gasteiger partial charge < -0.3 is 5.32 Å². The lowest BCUT2D eigenvalue weighted by atomic mass is 10.1. The predicted molar refractivity (Wildman–Crippen MR) is 92.7 cm³/mol. The largest absolute Gasteiger partial charge is 0.311 e. The van der Waals surface area contributed by atoms with Crippen LogP contribution in [-0.4, -0.2) is 10.9 Å². The van der Waals surface area contributed by atoms with Crippen molar-refractivity contribution in [1.29, 1.82) is 0 Å². The Hall–Kier alpha value is -0.910. The Morgan fingerprint density at radius 2 is 1.90 bits per heavy atom. The number of halogens is 1. The number of nitrogens with one attached hydrogen (secondary N) is 1. The average Bonchev–Trinajstić information content (AvgIpc) is 2.44. The van der Waals surface area contributed by atoms with Crippen molar-refractivity contribution in [3.63, 3.8) is 0 Å². The number of unbranched alkanes of at least 4 members (excludes halogenated alkanes) is 6. The molecule has 1 amide bonds. The van der Waals surface area contributed by atoms with Crippen LogP contribution in [0.3, 0.4) is 0 Å². The molecule has 0 saturated heterocycles. The molecule has 0 saturated carbocycles. The minimum absolute atomic E-state index is 0.0605. The van der Waals surface area contributed by atoms with E-state index in [-0.39, 0.29) is 5.91 Å². The van der Waals surface area contributed by atoms with Gasteiger partial charge in [0.25, 0.3) is 0 Å². The molecule has 1 aromatic heterocycles. The van der Waals surface area contributed by atoms with Gasteiger partial charge in [0.1, 0.15) is 5.82 Å². The quantitative estimate of drug-likeness (QED) is 0.352. The molecule has 1 heterocycles. The molecule has 0 atom stereocenters. The molecule has 1 N–H and O–H groups in total. The molecule has 0 aliphatic heterocycles. The number of nitrogens with zero attached hydrogens (tertiary/aromatic N) is 1. The number of amides is 1. The predicted octanol–water partition coefficient (Wildman–Crippen LogP) is 4.93. The van der Waals surface area contributed by atoms with Crippen LogP contribution in [0.15, 0.2) is 31.0 Å². The Labute approximate surface area is 135 Å². The van der Waals surface area contributed by atoms with E-state index in [1.54, 1.807) is 6.20 Å². The number of pyridine rings is 1. The Bertz CT molecular complexity index is 403. The van der Waals surface area contributed by atoms with Crippen molar-refractivity contribution in [2.24, 2.45) is 0 Å². The lowest BCUT2D eigenvalue weighted by Gasteiger charge is -2.04. The van der Waals surface area contributed by atoms with Crippen molar-refractivity contribution in [2.75, 3.05) is 5.32 Å². The molecule has 0 aromatic carbocycles. The van der Waals surface area contributed by atoms with Crippen LogP contribution in [-0.2, 0) is 4.79 Å². The van der Waals surface area contributed by atoms with Gasteiger partial charge in [-0.3, -0.25) is 4.79 Å². The van der Waals surface area contributed by atoms with E-state index in [9.17, 15) is 4.79 Å². The SMILES string of the molecule is C=CCCCCCCCCC(=O)Nc1ccc(I)cn1. The second kappa shape index (κ2) is 10.8. The fourth-order valence-electron chi connectivity index (χ4n) is 1.94. The van der Waals surface area contributed by atoms with E-state index in [0.717, 1.165) is 22.8 Å². The molecule has 0 fully saturated rings. The summed E-state index contributed by atoms with van der Waals surface area (Å²) in [6.07, 6.45) is 12.5. The van der Waals surface area contributed by atoms with E-state index in [1.165, 1.54) is 25.7 Å². The van der Waals surface area contributed by atoms with E-state index < -0.39 is 0 Å². The molecule has 3 nitrogen and oxygen atoms in total. The van der Waals surface area contributed by atoms with Gasteiger partial charge in [0, 0.05) is 16.2 Å². The van der Waals surface area contributed by atoms with Gasteiger partial charge in [-0.25, -0.2) is 4.98 Å². The molecular weight excluding hydrogens is 363 g/mol. The zero-order valence-electron chi connectivity index (χ0n) is 11.9. The zero-order valence-corrected chi connectivity index (χ0v) is 14.1. The average molecular weight is 386 g/mol. The van der Waals surface area contributed by atoms with Crippen molar-refractivity contribution < 1.29 is 4.79 Å². The Balaban J connectivity index is 2.03. The van der Waals surface area contributed by atoms with Gasteiger partial charge in [-0.05, 0) is 54.0 Å². The third-order valence-corrected chi connectivity index (χ3v) is 3.70. The maximum atomic E-state index is 11.7. The van der Waals surface area contributed by atoms with Gasteiger partial charge in [0.2, 0.25) is 5.91 Å². The molecule has 0 unspecified atom stereocenters. The summed E-state index contributed by atoms with van der Waals surface area (Å²) in [7, 11) is 0. The summed E-state index contributed by atoms with van der Waals surface area (Å²) >= 11 is 2.19. The maximum absolute atomic E-state index is 11.7. The molecule has 1 rings (SSSR count). The van der Waals surface area contributed by atoms with E-state index >= 15 is 0 Å². The highest BCUT2D eigenvalue weighted by molar-refractivity contribution is 14.1. The van der Waals surface area contributed by atoms with Crippen LogP contribution in [0.5, 0.6) is 0 Å². The van der Waals surface area contributed by atoms with Crippen molar-refractivity contribution in [2.45, 2.75) is 51.4 Å². The van der Waals surface area contributed by atoms with Crippen LogP contribution in [0.4, 0.5) is 5.82 Å². The third-order valence-electron chi connectivity index (χ3n) is 3.06. The standard InChI is InChI=1S/C16H23IN2O/c1-2-3-4-5-6-7-8-9-10-16(20)19-15-12-11-14(17)13-18-15/h2,11-13H,1,3-10H2,(H,18,19,20). The van der Waals surface area contributed by atoms with Crippen molar-refractivity contribution >= 4 is 34.3 Å². The smallest absolute Gasteiger partial charge is 0.225 e. The highest BCUT2D eigenvalue weighted by Gasteiger charge is 2.02. The molecule has 0 aliphatic rings. The minimum Gasteiger partial charge on any atom is -0.311 e. The van der Waals surface area contributed by atoms with Gasteiger partial charge in [0.05, 0.1) is 0 Å². The van der Waals surface area contributed by atoms with E-state index in [0.29, 0.717) is 12.2 Å². The van der Waals surface area contributed by atoms with Crippen LogP contribution >= 0.6 is 22.6 Å². The van der Waals surface area contributed by atoms with Crippen LogP contribution in [0.25, 0.3) is 0 Å². The second-order valence-corrected chi connectivity index (χ2v) is 6.10. The van der Waals surface area contributed by atoms with E-state index in [1.807, 2.05) is 18.2 Å². The number of carbonyl (C=O) groups excluding carboxylic acids is 1. The Morgan fingerprint density at radius 3 is 2.55 bits per heavy atom. The van der Waals surface area contributed by atoms with E-state index in [4.69, 9.17) is 0 Å². The fraction of sp³-hybridized carbons (Fsp3) is 0.500. The first kappa shape index (κ1) is 17.1. The molecule has 0 radical (unpaired) electrons. The van der Waals surface area contributed by atoms with Crippen LogP contribution < -0.4 is 5.32 Å². The highest BCUT2D eigenvalue weighted by atomic mass is 127. The van der Waals surface area contributed by atoms with Gasteiger partial charge >= 0.3 is 0 Å². The summed E-state index contributed by atoms with van der Waals surface area (Å²) in [6.45, 7) is 3.72. The van der Waals surface area contributed by atoms with Crippen LogP contribution in [0.2, 0.25) is 0 Å². The second-order valence-electron chi connectivity index (χ2n) is 4.86. The van der Waals surface area contributed by atoms with Gasteiger partial charge in [-0.15, -0.1) is 6.58 Å². The summed E-state index contributed by atoms with van der Waals surface area (Å²) in [4.78, 5) is 15.9. The first-order valence-electron chi connectivity index (χ1n) is 7.24. The molecule has 0 spiro atoms. The molecule has 4 heteroatoms. The first-order valence-corrected chi connectivity index (χ1v) is 8.32. The minimum atomic E-state index is 0.0605. The highest BCUT2D eigenvalue weighted by Crippen LogP contribution is 2.10. The summed E-state index contributed by atoms with van der Waals surface area (Å²) in [5, 5.41) is 2.82. The number of hydrogen-bond donors (Lipinski definition) is 1. The van der Waals surface area contributed by atoms with Crippen LogP contribution in [0, 0.1) is 3.57 Å². The number of carbonyl (C=O) groups is 1. The Morgan fingerprint density at radius 1 is 1.20 bits per heavy atom. The van der Waals surface area contributed by atoms with Gasteiger partial charge in [0.15, 0.2) is 0 Å². The third kappa shape index (κ3) is 8.30. The maximum Gasteiger partial charge on any atom is 0.225 e. The fourth-order valence-corrected chi connectivity index (χ4v) is 2.26. The summed E-state index contributed by atoms with van der Waals surface area (Å²) in [6, 6.07) is 3.77. The lowest BCUT2D eigenvalue weighted by Crippen LogP contribution is -2.12. The molecule has 20 heavy (non-hydrogen) atoms. The summed E-state index contributed by atoms with van der Waals surface area (Å²) in [5.74, 6) is 0.699. The van der Waals surface area contributed by atoms with Crippen molar-refractivity contribution in [3.05, 3.63) is 34.6 Å². The lowest BCUT2D eigenvalue weighted by molar-refractivity contribution is -0.116. The van der Waals surface area contributed by atoms with Gasteiger partial charge in [-0.2, -0.15) is 0 Å². The molecular formula is C16H23IN2O. The summed E-state index contributed by atoms with van der Waals surface area (Å²) < 4.78 is 1.07. The number of rotatable bonds is 10. The zero-order chi connectivity index (χ0) is 14.6. The molecule has 110 valence electrons. The molecule has 0 aliphatic carbocycles. The number of aromatic nitrogens is 1. The van der Waals surface area contributed by atoms with Gasteiger partial charge in [-0.1, -0.05) is 31.8 Å². The number of hydrogen-bond acceptors (Lipinski definition) is 2. The normalized spacial score (nSPS) is 10.2. The van der Waals surface area contributed by atoms with Crippen molar-refractivity contribution in [3.8, 4) is 0 Å². The summed E-state index contributed by atoms with van der Waals surface area (Å²) in [5.41, 5.74) is 0. The monoisotopic (exact) mass is 386 g/mol. The Kier molecular flexibility index (Phi) is 9.28. The first-order chi connectivity index (χ1) is 9.72. The molecule has 1 aromatic rings. The van der Waals surface area contributed by atoms with Crippen LogP contribution in [0.1, 0.15) is 51.4 Å². The van der Waals surface area contributed by atoms with Crippen molar-refractivity contribution in [1.82, 2.24) is 4.98 Å².